The van der Waals surface area contributed by atoms with Crippen LogP contribution < -0.4 is 5.73 Å². The van der Waals surface area contributed by atoms with E-state index in [0.29, 0.717) is 5.56 Å². The number of rotatable bonds is 5. The summed E-state index contributed by atoms with van der Waals surface area (Å²) in [6.45, 7) is 3.51. The lowest BCUT2D eigenvalue weighted by Gasteiger charge is -2.08. The van der Waals surface area contributed by atoms with Gasteiger partial charge in [-0.05, 0) is 17.5 Å². The fourth-order valence-corrected chi connectivity index (χ4v) is 1.95. The quantitative estimate of drug-likeness (QED) is 0.818. The molecule has 0 saturated heterocycles. The standard InChI is InChI=1S/C12H15NO4S/c1-8(18(2,16)17)10-5-3-9(4-6-10)7-11(13)12(14)15/h3-6,11H,1,7,13H2,2H3,(H,14,15). The topological polar surface area (TPSA) is 97.5 Å². The number of carbonyl (C=O) groups is 1. The largest absolute Gasteiger partial charge is 0.480 e. The molecule has 1 atom stereocenters. The van der Waals surface area contributed by atoms with E-state index in [9.17, 15) is 13.2 Å². The first-order valence-corrected chi connectivity index (χ1v) is 7.07. The Morgan fingerprint density at radius 3 is 2.28 bits per heavy atom. The molecule has 0 saturated carbocycles. The lowest BCUT2D eigenvalue weighted by Crippen LogP contribution is -2.32. The molecular weight excluding hydrogens is 254 g/mol. The highest BCUT2D eigenvalue weighted by molar-refractivity contribution is 7.99. The molecular formula is C12H15NO4S. The van der Waals surface area contributed by atoms with E-state index in [0.717, 1.165) is 11.8 Å². The molecule has 0 amide bonds. The highest BCUT2D eigenvalue weighted by Crippen LogP contribution is 2.18. The SMILES string of the molecule is C=C(c1ccc(CC(N)C(=O)O)cc1)S(C)(=O)=O. The van der Waals surface area contributed by atoms with Crippen LogP contribution in [-0.2, 0) is 21.1 Å². The molecule has 0 radical (unpaired) electrons. The van der Waals surface area contributed by atoms with Crippen LogP contribution in [0.15, 0.2) is 30.8 Å². The Morgan fingerprint density at radius 1 is 1.39 bits per heavy atom. The Morgan fingerprint density at radius 2 is 1.89 bits per heavy atom. The first-order valence-electron chi connectivity index (χ1n) is 5.18. The highest BCUT2D eigenvalue weighted by atomic mass is 32.2. The van der Waals surface area contributed by atoms with Crippen molar-refractivity contribution in [3.05, 3.63) is 42.0 Å². The number of hydrogen-bond acceptors (Lipinski definition) is 4. The number of carboxylic acid groups (broad SMARTS) is 1. The predicted octanol–water partition coefficient (Wildman–Crippen LogP) is 0.656. The van der Waals surface area contributed by atoms with Crippen molar-refractivity contribution >= 4 is 20.7 Å². The molecule has 0 aromatic heterocycles. The lowest BCUT2D eigenvalue weighted by atomic mass is 10.0. The van der Waals surface area contributed by atoms with Gasteiger partial charge in [0.1, 0.15) is 6.04 Å². The maximum atomic E-state index is 11.3. The van der Waals surface area contributed by atoms with Crippen molar-refractivity contribution in [1.29, 1.82) is 0 Å². The first-order chi connectivity index (χ1) is 8.21. The van der Waals surface area contributed by atoms with E-state index < -0.39 is 21.8 Å². The molecule has 5 nitrogen and oxygen atoms in total. The van der Waals surface area contributed by atoms with E-state index in [1.54, 1.807) is 24.3 Å². The van der Waals surface area contributed by atoms with Gasteiger partial charge in [-0.25, -0.2) is 8.42 Å². The molecule has 1 aromatic carbocycles. The van der Waals surface area contributed by atoms with Gasteiger partial charge in [0, 0.05) is 6.26 Å². The number of nitrogens with two attached hydrogens (primary N) is 1. The van der Waals surface area contributed by atoms with Gasteiger partial charge in [0.2, 0.25) is 0 Å². The van der Waals surface area contributed by atoms with Crippen molar-refractivity contribution < 1.29 is 18.3 Å². The number of benzene rings is 1. The van der Waals surface area contributed by atoms with Crippen LogP contribution in [0.2, 0.25) is 0 Å². The van der Waals surface area contributed by atoms with Crippen LogP contribution in [-0.4, -0.2) is 31.8 Å². The smallest absolute Gasteiger partial charge is 0.320 e. The summed E-state index contributed by atoms with van der Waals surface area (Å²) in [5, 5.41) is 8.67. The molecule has 0 aliphatic heterocycles. The Bertz CT molecular complexity index is 560. The van der Waals surface area contributed by atoms with Gasteiger partial charge < -0.3 is 10.8 Å². The van der Waals surface area contributed by atoms with Gasteiger partial charge in [-0.2, -0.15) is 0 Å². The van der Waals surface area contributed by atoms with Crippen LogP contribution >= 0.6 is 0 Å². The van der Waals surface area contributed by atoms with Crippen LogP contribution in [0.5, 0.6) is 0 Å². The fourth-order valence-electron chi connectivity index (χ4n) is 1.38. The van der Waals surface area contributed by atoms with Gasteiger partial charge in [0.05, 0.1) is 4.91 Å². The Kier molecular flexibility index (Phi) is 4.26. The number of sulfone groups is 1. The molecule has 6 heteroatoms. The minimum Gasteiger partial charge on any atom is -0.480 e. The average Bonchev–Trinajstić information content (AvgIpc) is 2.27. The van der Waals surface area contributed by atoms with Crippen molar-refractivity contribution in [3.8, 4) is 0 Å². The summed E-state index contributed by atoms with van der Waals surface area (Å²) >= 11 is 0. The molecule has 1 unspecified atom stereocenters. The summed E-state index contributed by atoms with van der Waals surface area (Å²) in [5.74, 6) is -1.07. The predicted molar refractivity (Wildman–Crippen MR) is 69.6 cm³/mol. The zero-order valence-electron chi connectivity index (χ0n) is 9.96. The molecule has 3 N–H and O–H groups in total. The number of aliphatic carboxylic acids is 1. The minimum atomic E-state index is -3.32. The minimum absolute atomic E-state index is 0.0385. The number of hydrogen-bond donors (Lipinski definition) is 2. The number of carboxylic acids is 1. The highest BCUT2D eigenvalue weighted by Gasteiger charge is 2.13. The Hall–Kier alpha value is -1.66. The van der Waals surface area contributed by atoms with Gasteiger partial charge in [0.15, 0.2) is 9.84 Å². The molecule has 0 spiro atoms. The Labute approximate surface area is 106 Å². The Balaban J connectivity index is 2.87. The molecule has 0 fully saturated rings. The van der Waals surface area contributed by atoms with Crippen LogP contribution in [0, 0.1) is 0 Å². The lowest BCUT2D eigenvalue weighted by molar-refractivity contribution is -0.138. The third-order valence-electron chi connectivity index (χ3n) is 2.50. The average molecular weight is 269 g/mol. The van der Waals surface area contributed by atoms with Crippen molar-refractivity contribution in [2.24, 2.45) is 5.73 Å². The van der Waals surface area contributed by atoms with Gasteiger partial charge in [-0.15, -0.1) is 0 Å². The van der Waals surface area contributed by atoms with Crippen molar-refractivity contribution in [2.45, 2.75) is 12.5 Å². The third-order valence-corrected chi connectivity index (χ3v) is 3.63. The summed E-state index contributed by atoms with van der Waals surface area (Å²) in [4.78, 5) is 10.6. The monoisotopic (exact) mass is 269 g/mol. The second kappa shape index (κ2) is 5.32. The van der Waals surface area contributed by atoms with Crippen molar-refractivity contribution in [1.82, 2.24) is 0 Å². The van der Waals surface area contributed by atoms with E-state index in [4.69, 9.17) is 10.8 Å². The summed E-state index contributed by atoms with van der Waals surface area (Å²) in [5.41, 5.74) is 6.62. The van der Waals surface area contributed by atoms with Gasteiger partial charge in [0.25, 0.3) is 0 Å². The van der Waals surface area contributed by atoms with E-state index >= 15 is 0 Å². The van der Waals surface area contributed by atoms with E-state index in [1.165, 1.54) is 0 Å². The zero-order valence-corrected chi connectivity index (χ0v) is 10.8. The summed E-state index contributed by atoms with van der Waals surface area (Å²) < 4.78 is 22.6. The van der Waals surface area contributed by atoms with Gasteiger partial charge >= 0.3 is 5.97 Å². The maximum Gasteiger partial charge on any atom is 0.320 e. The van der Waals surface area contributed by atoms with Gasteiger partial charge in [-0.1, -0.05) is 30.8 Å². The van der Waals surface area contributed by atoms with E-state index in [-0.39, 0.29) is 11.3 Å². The second-order valence-electron chi connectivity index (χ2n) is 4.04. The van der Waals surface area contributed by atoms with Crippen LogP contribution in [0.4, 0.5) is 0 Å². The first kappa shape index (κ1) is 14.4. The molecule has 1 rings (SSSR count). The van der Waals surface area contributed by atoms with E-state index in [2.05, 4.69) is 6.58 Å². The maximum absolute atomic E-state index is 11.3. The zero-order chi connectivity index (χ0) is 13.9. The molecule has 0 aliphatic carbocycles. The normalized spacial score (nSPS) is 13.0. The summed E-state index contributed by atoms with van der Waals surface area (Å²) in [6.07, 6.45) is 1.28. The molecule has 98 valence electrons. The summed E-state index contributed by atoms with van der Waals surface area (Å²) in [7, 11) is -3.32. The van der Waals surface area contributed by atoms with Crippen LogP contribution in [0.3, 0.4) is 0 Å². The molecule has 1 aromatic rings. The third kappa shape index (κ3) is 3.68. The van der Waals surface area contributed by atoms with Crippen molar-refractivity contribution in [2.75, 3.05) is 6.26 Å². The molecule has 0 heterocycles. The van der Waals surface area contributed by atoms with E-state index in [1.807, 2.05) is 0 Å². The van der Waals surface area contributed by atoms with Gasteiger partial charge in [-0.3, -0.25) is 4.79 Å². The van der Waals surface area contributed by atoms with Crippen LogP contribution in [0.1, 0.15) is 11.1 Å². The van der Waals surface area contributed by atoms with Crippen molar-refractivity contribution in [3.63, 3.8) is 0 Å². The second-order valence-corrected chi connectivity index (χ2v) is 6.08. The molecule has 18 heavy (non-hydrogen) atoms. The molecule has 0 aliphatic rings. The summed E-state index contributed by atoms with van der Waals surface area (Å²) in [6, 6.07) is 5.51. The van der Waals surface area contributed by atoms with Crippen LogP contribution in [0.25, 0.3) is 4.91 Å². The fraction of sp³-hybridized carbons (Fsp3) is 0.250. The molecule has 0 bridgehead atoms.